The molecule has 0 aromatic heterocycles. The van der Waals surface area contributed by atoms with Crippen LogP contribution >= 0.6 is 0 Å². The van der Waals surface area contributed by atoms with Gasteiger partial charge in [0.25, 0.3) is 5.91 Å². The molecule has 0 radical (unpaired) electrons. The Morgan fingerprint density at radius 2 is 1.22 bits per heavy atom. The van der Waals surface area contributed by atoms with Gasteiger partial charge in [0, 0.05) is 19.1 Å². The molecule has 5 atom stereocenters. The molecule has 0 bridgehead atoms. The van der Waals surface area contributed by atoms with Gasteiger partial charge in [-0.3, -0.25) is 15.0 Å². The van der Waals surface area contributed by atoms with Crippen LogP contribution in [-0.2, 0) is 25.6 Å². The van der Waals surface area contributed by atoms with Gasteiger partial charge >= 0.3 is 12.2 Å². The molecule has 3 aromatic carbocycles. The van der Waals surface area contributed by atoms with Gasteiger partial charge in [-0.1, -0.05) is 113 Å². The minimum atomic E-state index is -1.42. The number of rotatable bonds is 18. The average molecular weight is 704 g/mol. The van der Waals surface area contributed by atoms with Crippen molar-refractivity contribution in [1.82, 2.24) is 21.1 Å². The SMILES string of the molecule is CCOC(=O)N[C@H](C(=O)NN(Cc1ccc(-c2ccccc2)cc1)CC(O)C(C(=O)[C@@H](NC(=O)OCC)C(C)C)C(N)c1ccccc1)C(C)C. The van der Waals surface area contributed by atoms with Crippen molar-refractivity contribution in [3.63, 3.8) is 0 Å². The molecule has 12 nitrogen and oxygen atoms in total. The number of hydrogen-bond acceptors (Lipinski definition) is 9. The van der Waals surface area contributed by atoms with Crippen LogP contribution in [0.15, 0.2) is 84.9 Å². The van der Waals surface area contributed by atoms with Gasteiger partial charge in [-0.25, -0.2) is 14.6 Å². The van der Waals surface area contributed by atoms with Crippen molar-refractivity contribution >= 4 is 23.9 Å². The van der Waals surface area contributed by atoms with Crippen LogP contribution in [0.25, 0.3) is 11.1 Å². The maximum absolute atomic E-state index is 14.3. The highest BCUT2D eigenvalue weighted by Crippen LogP contribution is 2.28. The number of aliphatic hydroxyl groups excluding tert-OH is 1. The van der Waals surface area contributed by atoms with E-state index in [4.69, 9.17) is 15.2 Å². The number of Topliss-reactive ketones (excluding diaryl/α,β-unsaturated/α-hetero) is 1. The van der Waals surface area contributed by atoms with Crippen LogP contribution in [0.2, 0.25) is 0 Å². The van der Waals surface area contributed by atoms with Crippen LogP contribution in [0.5, 0.6) is 0 Å². The number of ether oxygens (including phenoxy) is 2. The maximum atomic E-state index is 14.3. The minimum Gasteiger partial charge on any atom is -0.450 e. The molecule has 0 saturated heterocycles. The molecular formula is C39H53N5O7. The van der Waals surface area contributed by atoms with Crippen molar-refractivity contribution in [2.75, 3.05) is 19.8 Å². The first-order chi connectivity index (χ1) is 24.4. The monoisotopic (exact) mass is 703 g/mol. The molecule has 0 saturated carbocycles. The summed E-state index contributed by atoms with van der Waals surface area (Å²) >= 11 is 0. The van der Waals surface area contributed by atoms with E-state index < -0.39 is 54.0 Å². The van der Waals surface area contributed by atoms with E-state index in [1.165, 1.54) is 5.01 Å². The first kappa shape index (κ1) is 40.6. The van der Waals surface area contributed by atoms with E-state index in [2.05, 4.69) is 16.1 Å². The fourth-order valence-electron chi connectivity index (χ4n) is 5.76. The number of nitrogens with one attached hydrogen (secondary N) is 3. The molecule has 3 aromatic rings. The lowest BCUT2D eigenvalue weighted by Gasteiger charge is -2.35. The number of ketones is 1. The van der Waals surface area contributed by atoms with Crippen LogP contribution in [0.3, 0.4) is 0 Å². The molecule has 0 fully saturated rings. The number of carbonyl (C=O) groups excluding carboxylic acids is 4. The molecule has 12 heteroatoms. The summed E-state index contributed by atoms with van der Waals surface area (Å²) in [7, 11) is 0. The number of alkyl carbamates (subject to hydrolysis) is 2. The molecular weight excluding hydrogens is 650 g/mol. The zero-order chi connectivity index (χ0) is 37.5. The molecule has 0 aliphatic heterocycles. The van der Waals surface area contributed by atoms with Gasteiger partial charge in [0.1, 0.15) is 6.04 Å². The lowest BCUT2D eigenvalue weighted by Crippen LogP contribution is -2.57. The highest BCUT2D eigenvalue weighted by Gasteiger charge is 2.40. The standard InChI is InChI=1S/C39H53N5O7/c1-7-50-38(48)41-34(25(3)4)36(46)32(33(40)30-17-13-10-14-18-30)31(45)24-44(43-37(47)35(26(5)6)42-39(49)51-8-2)23-27-19-21-29(22-20-27)28-15-11-9-12-16-28/h9-22,25-26,31-35,45H,7-8,23-24,40H2,1-6H3,(H,41,48)(H,42,49)(H,43,47)/t31?,32?,33?,34-,35-/m0/s1. The lowest BCUT2D eigenvalue weighted by atomic mass is 9.80. The smallest absolute Gasteiger partial charge is 0.407 e. The molecule has 0 spiro atoms. The molecule has 0 aliphatic carbocycles. The van der Waals surface area contributed by atoms with Gasteiger partial charge in [-0.15, -0.1) is 0 Å². The highest BCUT2D eigenvalue weighted by molar-refractivity contribution is 5.90. The molecule has 3 amide bonds. The fraction of sp³-hybridized carbons (Fsp3) is 0.436. The third-order valence-corrected chi connectivity index (χ3v) is 8.44. The van der Waals surface area contributed by atoms with E-state index in [9.17, 15) is 24.3 Å². The van der Waals surface area contributed by atoms with Crippen molar-refractivity contribution < 1.29 is 33.8 Å². The summed E-state index contributed by atoms with van der Waals surface area (Å²) in [4.78, 5) is 52.8. The van der Waals surface area contributed by atoms with Crippen molar-refractivity contribution in [3.8, 4) is 11.1 Å². The minimum absolute atomic E-state index is 0.115. The van der Waals surface area contributed by atoms with Crippen LogP contribution in [0.1, 0.15) is 58.7 Å². The van der Waals surface area contributed by atoms with Gasteiger partial charge in [0.2, 0.25) is 0 Å². The van der Waals surface area contributed by atoms with E-state index in [1.807, 2.05) is 60.7 Å². The van der Waals surface area contributed by atoms with E-state index in [0.29, 0.717) is 5.56 Å². The third-order valence-electron chi connectivity index (χ3n) is 8.44. The van der Waals surface area contributed by atoms with Gasteiger partial charge in [-0.2, -0.15) is 0 Å². The van der Waals surface area contributed by atoms with Crippen LogP contribution in [0, 0.1) is 17.8 Å². The molecule has 0 heterocycles. The molecule has 3 rings (SSSR count). The predicted molar refractivity (Wildman–Crippen MR) is 196 cm³/mol. The van der Waals surface area contributed by atoms with Crippen LogP contribution in [0.4, 0.5) is 9.59 Å². The quantitative estimate of drug-likeness (QED) is 0.115. The van der Waals surface area contributed by atoms with Gasteiger partial charge in [0.05, 0.1) is 31.3 Å². The molecule has 3 unspecified atom stereocenters. The molecule has 51 heavy (non-hydrogen) atoms. The third kappa shape index (κ3) is 12.2. The second-order valence-electron chi connectivity index (χ2n) is 13.0. The summed E-state index contributed by atoms with van der Waals surface area (Å²) in [5.74, 6) is -2.90. The summed E-state index contributed by atoms with van der Waals surface area (Å²) in [5, 5.41) is 18.7. The predicted octanol–water partition coefficient (Wildman–Crippen LogP) is 4.97. The average Bonchev–Trinajstić information content (AvgIpc) is 3.10. The number of nitrogens with two attached hydrogens (primary N) is 1. The second-order valence-corrected chi connectivity index (χ2v) is 13.0. The van der Waals surface area contributed by atoms with Crippen LogP contribution in [-0.4, -0.2) is 71.9 Å². The molecule has 276 valence electrons. The van der Waals surface area contributed by atoms with Crippen molar-refractivity contribution in [2.24, 2.45) is 23.5 Å². The highest BCUT2D eigenvalue weighted by atomic mass is 16.6. The Hall–Kier alpha value is -4.78. The van der Waals surface area contributed by atoms with E-state index in [1.54, 1.807) is 65.8 Å². The number of amides is 3. The summed E-state index contributed by atoms with van der Waals surface area (Å²) in [6.45, 7) is 10.6. The van der Waals surface area contributed by atoms with Crippen molar-refractivity contribution in [2.45, 2.75) is 72.3 Å². The Morgan fingerprint density at radius 3 is 1.73 bits per heavy atom. The Morgan fingerprint density at radius 1 is 0.725 bits per heavy atom. The Bertz CT molecular complexity index is 1540. The van der Waals surface area contributed by atoms with E-state index in [0.717, 1.165) is 16.7 Å². The zero-order valence-electron chi connectivity index (χ0n) is 30.4. The lowest BCUT2D eigenvalue weighted by molar-refractivity contribution is -0.133. The van der Waals surface area contributed by atoms with Gasteiger partial charge in [-0.05, 0) is 47.9 Å². The number of hydrogen-bond donors (Lipinski definition) is 5. The Kier molecular flexibility index (Phi) is 16.1. The fourth-order valence-corrected chi connectivity index (χ4v) is 5.76. The van der Waals surface area contributed by atoms with Gasteiger partial charge < -0.3 is 30.9 Å². The molecule has 0 aliphatic rings. The largest absolute Gasteiger partial charge is 0.450 e. The van der Waals surface area contributed by atoms with Gasteiger partial charge in [0.15, 0.2) is 5.78 Å². The summed E-state index contributed by atoms with van der Waals surface area (Å²) < 4.78 is 10.1. The Balaban J connectivity index is 1.99. The van der Waals surface area contributed by atoms with Crippen molar-refractivity contribution in [1.29, 1.82) is 0 Å². The Labute approximate surface area is 301 Å². The van der Waals surface area contributed by atoms with Crippen LogP contribution < -0.4 is 21.8 Å². The topological polar surface area (TPSA) is 172 Å². The summed E-state index contributed by atoms with van der Waals surface area (Å²) in [6.07, 6.45) is -2.91. The number of aliphatic hydroxyl groups is 1. The number of nitrogens with zero attached hydrogens (tertiary/aromatic N) is 1. The molecule has 6 N–H and O–H groups in total. The number of benzene rings is 3. The summed E-state index contributed by atoms with van der Waals surface area (Å²) in [6, 6.07) is 23.6. The van der Waals surface area contributed by atoms with E-state index >= 15 is 0 Å². The maximum Gasteiger partial charge on any atom is 0.407 e. The zero-order valence-corrected chi connectivity index (χ0v) is 30.4. The number of carbonyl (C=O) groups is 4. The second kappa shape index (κ2) is 20.2. The normalized spacial score (nSPS) is 14.3. The number of hydrazine groups is 1. The first-order valence-corrected chi connectivity index (χ1v) is 17.4. The first-order valence-electron chi connectivity index (χ1n) is 17.4. The summed E-state index contributed by atoms with van der Waals surface area (Å²) in [5.41, 5.74) is 13.1. The van der Waals surface area contributed by atoms with E-state index in [-0.39, 0.29) is 38.1 Å². The van der Waals surface area contributed by atoms with Crippen molar-refractivity contribution in [3.05, 3.63) is 96.1 Å².